The van der Waals surface area contributed by atoms with Crippen LogP contribution in [0.4, 0.5) is 0 Å². The molecular formula is C14H12N2O2S. The molecule has 19 heavy (non-hydrogen) atoms. The molecule has 0 spiro atoms. The van der Waals surface area contributed by atoms with E-state index in [2.05, 4.69) is 9.97 Å². The van der Waals surface area contributed by atoms with Crippen molar-refractivity contribution in [2.45, 2.75) is 18.8 Å². The van der Waals surface area contributed by atoms with E-state index in [9.17, 15) is 4.79 Å². The maximum atomic E-state index is 10.6. The van der Waals surface area contributed by atoms with E-state index < -0.39 is 5.97 Å². The lowest BCUT2D eigenvalue weighted by Gasteiger charge is -1.93. The van der Waals surface area contributed by atoms with Gasteiger partial charge in [-0.25, -0.2) is 9.78 Å². The molecule has 1 N–H and O–H groups in total. The van der Waals surface area contributed by atoms with Crippen LogP contribution in [0.1, 0.15) is 29.3 Å². The SMILES string of the molecule is O=C(O)/C=C/c1sc(-c2ccncc2)nc1C1CC1. The number of carboxylic acids is 1. The van der Waals surface area contributed by atoms with Crippen molar-refractivity contribution in [2.24, 2.45) is 0 Å². The Morgan fingerprint density at radius 2 is 2.11 bits per heavy atom. The van der Waals surface area contributed by atoms with Gasteiger partial charge in [-0.05, 0) is 31.1 Å². The predicted octanol–water partition coefficient (Wildman–Crippen LogP) is 3.18. The Morgan fingerprint density at radius 1 is 1.37 bits per heavy atom. The van der Waals surface area contributed by atoms with Crippen LogP contribution >= 0.6 is 11.3 Å². The van der Waals surface area contributed by atoms with Gasteiger partial charge in [0.1, 0.15) is 5.01 Å². The maximum absolute atomic E-state index is 10.6. The molecule has 1 aliphatic carbocycles. The van der Waals surface area contributed by atoms with Crippen molar-refractivity contribution in [1.29, 1.82) is 0 Å². The molecule has 0 aliphatic heterocycles. The van der Waals surface area contributed by atoms with Gasteiger partial charge in [-0.15, -0.1) is 11.3 Å². The van der Waals surface area contributed by atoms with Crippen molar-refractivity contribution < 1.29 is 9.90 Å². The molecule has 0 bridgehead atoms. The number of aliphatic carboxylic acids is 1. The van der Waals surface area contributed by atoms with Crippen LogP contribution in [0, 0.1) is 0 Å². The molecule has 0 saturated heterocycles. The normalized spacial score (nSPS) is 14.9. The minimum absolute atomic E-state index is 0.500. The molecule has 1 aliphatic rings. The van der Waals surface area contributed by atoms with Gasteiger partial charge in [0, 0.05) is 30.0 Å². The molecule has 4 nitrogen and oxygen atoms in total. The molecule has 0 aromatic carbocycles. The van der Waals surface area contributed by atoms with Crippen molar-refractivity contribution in [1.82, 2.24) is 9.97 Å². The van der Waals surface area contributed by atoms with Crippen LogP contribution in [-0.2, 0) is 4.79 Å². The Kier molecular flexibility index (Phi) is 3.13. The molecule has 0 amide bonds. The van der Waals surface area contributed by atoms with Gasteiger partial charge in [0.05, 0.1) is 10.6 Å². The average molecular weight is 272 g/mol. The monoisotopic (exact) mass is 272 g/mol. The Morgan fingerprint density at radius 3 is 2.74 bits per heavy atom. The number of nitrogens with zero attached hydrogens (tertiary/aromatic N) is 2. The molecule has 0 radical (unpaired) electrons. The standard InChI is InChI=1S/C14H12N2O2S/c17-12(18)4-3-11-13(9-1-2-9)16-14(19-11)10-5-7-15-8-6-10/h3-9H,1-2H2,(H,17,18)/b4-3+. The van der Waals surface area contributed by atoms with E-state index in [1.165, 1.54) is 17.4 Å². The highest BCUT2D eigenvalue weighted by molar-refractivity contribution is 7.16. The number of hydrogen-bond acceptors (Lipinski definition) is 4. The first kappa shape index (κ1) is 12.0. The van der Waals surface area contributed by atoms with Gasteiger partial charge >= 0.3 is 5.97 Å². The number of pyridine rings is 1. The minimum Gasteiger partial charge on any atom is -0.478 e. The molecule has 0 atom stereocenters. The topological polar surface area (TPSA) is 63.1 Å². The highest BCUT2D eigenvalue weighted by atomic mass is 32.1. The van der Waals surface area contributed by atoms with E-state index >= 15 is 0 Å². The van der Waals surface area contributed by atoms with Crippen LogP contribution < -0.4 is 0 Å². The third-order valence-corrected chi connectivity index (χ3v) is 4.04. The summed E-state index contributed by atoms with van der Waals surface area (Å²) in [4.78, 5) is 20.2. The van der Waals surface area contributed by atoms with Crippen LogP contribution in [0.5, 0.6) is 0 Å². The Labute approximate surface area is 114 Å². The smallest absolute Gasteiger partial charge is 0.328 e. The fourth-order valence-corrected chi connectivity index (χ4v) is 2.94. The lowest BCUT2D eigenvalue weighted by molar-refractivity contribution is -0.131. The number of thiazole rings is 1. The summed E-state index contributed by atoms with van der Waals surface area (Å²) in [6.45, 7) is 0. The lowest BCUT2D eigenvalue weighted by atomic mass is 10.2. The fraction of sp³-hybridized carbons (Fsp3) is 0.214. The summed E-state index contributed by atoms with van der Waals surface area (Å²) in [6.07, 6.45) is 8.59. The molecule has 3 rings (SSSR count). The number of rotatable bonds is 4. The number of hydrogen-bond donors (Lipinski definition) is 1. The van der Waals surface area contributed by atoms with E-state index in [-0.39, 0.29) is 0 Å². The maximum Gasteiger partial charge on any atom is 0.328 e. The zero-order valence-electron chi connectivity index (χ0n) is 10.1. The van der Waals surface area contributed by atoms with Crippen molar-refractivity contribution in [3.63, 3.8) is 0 Å². The summed E-state index contributed by atoms with van der Waals surface area (Å²) < 4.78 is 0. The van der Waals surface area contributed by atoms with Crippen molar-refractivity contribution in [3.05, 3.63) is 41.2 Å². The molecule has 2 aromatic rings. The highest BCUT2D eigenvalue weighted by Gasteiger charge is 2.29. The number of carboxylic acid groups (broad SMARTS) is 1. The predicted molar refractivity (Wildman–Crippen MR) is 74.0 cm³/mol. The summed E-state index contributed by atoms with van der Waals surface area (Å²) in [6, 6.07) is 3.83. The highest BCUT2D eigenvalue weighted by Crippen LogP contribution is 2.44. The van der Waals surface area contributed by atoms with Crippen molar-refractivity contribution >= 4 is 23.4 Å². The second-order valence-corrected chi connectivity index (χ2v) is 5.48. The zero-order valence-corrected chi connectivity index (χ0v) is 10.9. The summed E-state index contributed by atoms with van der Waals surface area (Å²) in [5, 5.41) is 9.66. The first-order valence-electron chi connectivity index (χ1n) is 6.06. The van der Waals surface area contributed by atoms with Crippen LogP contribution in [-0.4, -0.2) is 21.0 Å². The van der Waals surface area contributed by atoms with Crippen LogP contribution in [0.2, 0.25) is 0 Å². The molecule has 1 saturated carbocycles. The average Bonchev–Trinajstić information content (AvgIpc) is 3.17. The second-order valence-electron chi connectivity index (χ2n) is 4.45. The van der Waals surface area contributed by atoms with E-state index in [0.29, 0.717) is 5.92 Å². The van der Waals surface area contributed by atoms with Crippen LogP contribution in [0.25, 0.3) is 16.6 Å². The van der Waals surface area contributed by atoms with Gasteiger partial charge in [-0.2, -0.15) is 0 Å². The van der Waals surface area contributed by atoms with Gasteiger partial charge in [0.2, 0.25) is 0 Å². The Bertz CT molecular complexity index is 630. The second kappa shape index (κ2) is 4.93. The Balaban J connectivity index is 1.99. The first-order chi connectivity index (χ1) is 9.24. The summed E-state index contributed by atoms with van der Waals surface area (Å²) in [5.41, 5.74) is 2.06. The van der Waals surface area contributed by atoms with E-state index in [4.69, 9.17) is 5.11 Å². The van der Waals surface area contributed by atoms with Crippen LogP contribution in [0.15, 0.2) is 30.6 Å². The number of carbonyl (C=O) groups is 1. The molecule has 2 aromatic heterocycles. The molecule has 96 valence electrons. The molecule has 1 fully saturated rings. The van der Waals surface area contributed by atoms with Crippen molar-refractivity contribution in [3.8, 4) is 10.6 Å². The Hall–Kier alpha value is -2.01. The van der Waals surface area contributed by atoms with Gasteiger partial charge < -0.3 is 5.11 Å². The lowest BCUT2D eigenvalue weighted by Crippen LogP contribution is -1.87. The van der Waals surface area contributed by atoms with E-state index in [0.717, 1.165) is 34.0 Å². The molecule has 2 heterocycles. The van der Waals surface area contributed by atoms with Gasteiger partial charge in [-0.1, -0.05) is 0 Å². The molecule has 0 unspecified atom stereocenters. The first-order valence-corrected chi connectivity index (χ1v) is 6.88. The summed E-state index contributed by atoms with van der Waals surface area (Å²) >= 11 is 1.53. The minimum atomic E-state index is -0.930. The van der Waals surface area contributed by atoms with Gasteiger partial charge in [0.25, 0.3) is 0 Å². The van der Waals surface area contributed by atoms with Gasteiger partial charge in [-0.3, -0.25) is 4.98 Å². The fourth-order valence-electron chi connectivity index (χ4n) is 1.88. The van der Waals surface area contributed by atoms with Crippen LogP contribution in [0.3, 0.4) is 0 Å². The molecular weight excluding hydrogens is 260 g/mol. The quantitative estimate of drug-likeness (QED) is 0.868. The third kappa shape index (κ3) is 2.71. The zero-order chi connectivity index (χ0) is 13.2. The summed E-state index contributed by atoms with van der Waals surface area (Å²) in [7, 11) is 0. The van der Waals surface area contributed by atoms with Gasteiger partial charge in [0.15, 0.2) is 0 Å². The molecule has 5 heteroatoms. The van der Waals surface area contributed by atoms with Crippen molar-refractivity contribution in [2.75, 3.05) is 0 Å². The summed E-state index contributed by atoms with van der Waals surface area (Å²) in [5.74, 6) is -0.430. The van der Waals surface area contributed by atoms with E-state index in [1.807, 2.05) is 12.1 Å². The van der Waals surface area contributed by atoms with E-state index in [1.54, 1.807) is 18.5 Å². The third-order valence-electron chi connectivity index (χ3n) is 2.95. The number of aromatic nitrogens is 2. The largest absolute Gasteiger partial charge is 0.478 e.